The number of carbonyl (C=O) groups is 1. The molecule has 102 valence electrons. The summed E-state index contributed by atoms with van der Waals surface area (Å²) in [6, 6.07) is 1.45. The highest BCUT2D eigenvalue weighted by Crippen LogP contribution is 2.24. The van der Waals surface area contributed by atoms with Crippen molar-refractivity contribution in [3.8, 4) is 0 Å². The molecular weight excluding hydrogens is 256 g/mol. The van der Waals surface area contributed by atoms with Gasteiger partial charge in [-0.15, -0.1) is 0 Å². The topological polar surface area (TPSA) is 79.6 Å². The number of carboxylic acids is 1. The summed E-state index contributed by atoms with van der Waals surface area (Å²) in [5.41, 5.74) is -0.799. The maximum absolute atomic E-state index is 12.4. The maximum atomic E-state index is 12.4. The molecule has 1 heterocycles. The molecule has 0 amide bonds. The molecule has 18 heavy (non-hydrogen) atoms. The van der Waals surface area contributed by atoms with E-state index >= 15 is 0 Å². The molecule has 1 aromatic rings. The number of hydrogen-bond donors (Lipinski definition) is 1. The minimum Gasteiger partial charge on any atom is -0.480 e. The third kappa shape index (κ3) is 3.11. The number of carboxylic acid groups (broad SMARTS) is 1. The smallest absolute Gasteiger partial charge is 0.318 e. The van der Waals surface area contributed by atoms with Crippen LogP contribution in [0.3, 0.4) is 0 Å². The van der Waals surface area contributed by atoms with Crippen LogP contribution in [0.1, 0.15) is 20.8 Å². The Bertz CT molecular complexity index is 540. The second-order valence-corrected chi connectivity index (χ2v) is 6.95. The quantitative estimate of drug-likeness (QED) is 0.884. The predicted octanol–water partition coefficient (Wildman–Crippen LogP) is 0.899. The van der Waals surface area contributed by atoms with Crippen molar-refractivity contribution < 1.29 is 18.3 Å². The zero-order chi connectivity index (χ0) is 14.1. The van der Waals surface area contributed by atoms with Gasteiger partial charge in [-0.3, -0.25) is 4.79 Å². The highest BCUT2D eigenvalue weighted by molar-refractivity contribution is 7.89. The Morgan fingerprint density at radius 1 is 1.44 bits per heavy atom. The summed E-state index contributed by atoms with van der Waals surface area (Å²) in [5, 5.41) is 8.85. The summed E-state index contributed by atoms with van der Waals surface area (Å²) in [4.78, 5) is 10.9. The normalized spacial score (nSPS) is 12.9. The first kappa shape index (κ1) is 14.7. The van der Waals surface area contributed by atoms with Gasteiger partial charge >= 0.3 is 5.97 Å². The zero-order valence-corrected chi connectivity index (χ0v) is 11.7. The van der Waals surface area contributed by atoms with E-state index in [1.54, 1.807) is 38.6 Å². The molecule has 1 aromatic heterocycles. The van der Waals surface area contributed by atoms with Gasteiger partial charge in [0, 0.05) is 25.0 Å². The minimum atomic E-state index is -3.80. The van der Waals surface area contributed by atoms with Crippen molar-refractivity contribution in [1.29, 1.82) is 0 Å². The van der Waals surface area contributed by atoms with Gasteiger partial charge in [0.1, 0.15) is 6.54 Å². The lowest BCUT2D eigenvalue weighted by Gasteiger charge is -2.32. The molecule has 0 saturated carbocycles. The van der Waals surface area contributed by atoms with Crippen LogP contribution in [0.2, 0.25) is 0 Å². The third-order valence-corrected chi connectivity index (χ3v) is 4.51. The molecule has 0 radical (unpaired) electrons. The summed E-state index contributed by atoms with van der Waals surface area (Å²) >= 11 is 0. The third-order valence-electron chi connectivity index (χ3n) is 2.42. The van der Waals surface area contributed by atoms with Gasteiger partial charge in [-0.25, -0.2) is 8.42 Å². The number of aryl methyl sites for hydroxylation is 1. The molecule has 1 N–H and O–H groups in total. The van der Waals surface area contributed by atoms with E-state index < -0.39 is 28.1 Å². The van der Waals surface area contributed by atoms with Crippen molar-refractivity contribution >= 4 is 16.0 Å². The van der Waals surface area contributed by atoms with E-state index in [9.17, 15) is 13.2 Å². The van der Waals surface area contributed by atoms with Crippen LogP contribution in [0, 0.1) is 0 Å². The lowest BCUT2D eigenvalue weighted by molar-refractivity contribution is -0.138. The molecule has 0 spiro atoms. The minimum absolute atomic E-state index is 0.0983. The highest BCUT2D eigenvalue weighted by Gasteiger charge is 2.35. The fourth-order valence-corrected chi connectivity index (χ4v) is 3.35. The second-order valence-electron chi connectivity index (χ2n) is 5.09. The number of rotatable bonds is 4. The van der Waals surface area contributed by atoms with Crippen LogP contribution in [-0.4, -0.2) is 40.4 Å². The molecule has 0 aliphatic carbocycles. The molecule has 0 aliphatic heterocycles. The largest absolute Gasteiger partial charge is 0.480 e. The Morgan fingerprint density at radius 3 is 2.33 bits per heavy atom. The second kappa shape index (κ2) is 4.74. The van der Waals surface area contributed by atoms with Crippen molar-refractivity contribution in [1.82, 2.24) is 8.87 Å². The molecule has 0 atom stereocenters. The molecule has 6 nitrogen and oxygen atoms in total. The molecule has 0 aliphatic rings. The first-order valence-electron chi connectivity index (χ1n) is 5.42. The van der Waals surface area contributed by atoms with Crippen LogP contribution in [0.15, 0.2) is 23.4 Å². The molecule has 0 aromatic carbocycles. The van der Waals surface area contributed by atoms with Gasteiger partial charge in [0.15, 0.2) is 0 Å². The Hall–Kier alpha value is -1.34. The number of sulfonamides is 1. The number of aromatic nitrogens is 1. The molecule has 0 fully saturated rings. The fourth-order valence-electron chi connectivity index (χ4n) is 1.56. The van der Waals surface area contributed by atoms with Crippen LogP contribution in [-0.2, 0) is 21.9 Å². The summed E-state index contributed by atoms with van der Waals surface area (Å²) < 4.78 is 27.3. The van der Waals surface area contributed by atoms with Crippen LogP contribution in [0.5, 0.6) is 0 Å². The van der Waals surface area contributed by atoms with E-state index in [2.05, 4.69) is 0 Å². The van der Waals surface area contributed by atoms with Gasteiger partial charge in [0.05, 0.1) is 4.90 Å². The lowest BCUT2D eigenvalue weighted by atomic mass is 10.1. The molecular formula is C11H18N2O4S. The predicted molar refractivity (Wildman–Crippen MR) is 66.7 cm³/mol. The van der Waals surface area contributed by atoms with Gasteiger partial charge in [0.25, 0.3) is 0 Å². The van der Waals surface area contributed by atoms with Gasteiger partial charge in [-0.1, -0.05) is 0 Å². The van der Waals surface area contributed by atoms with Crippen molar-refractivity contribution in [3.63, 3.8) is 0 Å². The standard InChI is InChI=1S/C11H18N2O4S/c1-11(2,3)13(8-10(14)15)18(16,17)9-5-6-12(4)7-9/h5-7H,8H2,1-4H3,(H,14,15). The van der Waals surface area contributed by atoms with Crippen LogP contribution < -0.4 is 0 Å². The van der Waals surface area contributed by atoms with Gasteiger partial charge < -0.3 is 9.67 Å². The number of hydrogen-bond acceptors (Lipinski definition) is 3. The Morgan fingerprint density at radius 2 is 2.00 bits per heavy atom. The van der Waals surface area contributed by atoms with E-state index in [4.69, 9.17) is 5.11 Å². The summed E-state index contributed by atoms with van der Waals surface area (Å²) in [6.45, 7) is 4.43. The van der Waals surface area contributed by atoms with Gasteiger partial charge in [0.2, 0.25) is 10.0 Å². The first-order chi connectivity index (χ1) is 8.05. The van der Waals surface area contributed by atoms with E-state index in [-0.39, 0.29) is 4.90 Å². The van der Waals surface area contributed by atoms with Crippen molar-refractivity contribution in [2.45, 2.75) is 31.2 Å². The van der Waals surface area contributed by atoms with E-state index in [1.807, 2.05) is 0 Å². The lowest BCUT2D eigenvalue weighted by Crippen LogP contribution is -2.48. The van der Waals surface area contributed by atoms with E-state index in [0.717, 1.165) is 4.31 Å². The van der Waals surface area contributed by atoms with Crippen LogP contribution in [0.4, 0.5) is 0 Å². The Kier molecular flexibility index (Phi) is 3.87. The highest BCUT2D eigenvalue weighted by atomic mass is 32.2. The van der Waals surface area contributed by atoms with Gasteiger partial charge in [-0.05, 0) is 26.8 Å². The van der Waals surface area contributed by atoms with Gasteiger partial charge in [-0.2, -0.15) is 4.31 Å². The number of aliphatic carboxylic acids is 1. The van der Waals surface area contributed by atoms with E-state index in [0.29, 0.717) is 0 Å². The molecule has 0 unspecified atom stereocenters. The Labute approximate surface area is 107 Å². The Balaban J connectivity index is 3.24. The summed E-state index contributed by atoms with van der Waals surface area (Å²) in [7, 11) is -2.10. The molecule has 0 saturated heterocycles. The monoisotopic (exact) mass is 274 g/mol. The SMILES string of the molecule is Cn1ccc(S(=O)(=O)N(CC(=O)O)C(C)(C)C)c1. The maximum Gasteiger partial charge on any atom is 0.318 e. The van der Waals surface area contributed by atoms with Crippen LogP contribution in [0.25, 0.3) is 0 Å². The van der Waals surface area contributed by atoms with Crippen molar-refractivity contribution in [3.05, 3.63) is 18.5 Å². The average molecular weight is 274 g/mol. The summed E-state index contributed by atoms with van der Waals surface area (Å²) in [6.07, 6.45) is 3.06. The zero-order valence-electron chi connectivity index (χ0n) is 10.9. The van der Waals surface area contributed by atoms with E-state index in [1.165, 1.54) is 12.3 Å². The number of nitrogens with zero attached hydrogens (tertiary/aromatic N) is 2. The molecule has 7 heteroatoms. The fraction of sp³-hybridized carbons (Fsp3) is 0.545. The summed E-state index contributed by atoms with van der Waals surface area (Å²) in [5.74, 6) is -1.18. The molecule has 1 rings (SSSR count). The van der Waals surface area contributed by atoms with Crippen LogP contribution >= 0.6 is 0 Å². The molecule has 0 bridgehead atoms. The van der Waals surface area contributed by atoms with Crippen molar-refractivity contribution in [2.75, 3.05) is 6.54 Å². The average Bonchev–Trinajstić information content (AvgIpc) is 2.59. The first-order valence-corrected chi connectivity index (χ1v) is 6.86. The van der Waals surface area contributed by atoms with Crippen molar-refractivity contribution in [2.24, 2.45) is 7.05 Å².